The van der Waals surface area contributed by atoms with Crippen molar-refractivity contribution in [2.45, 2.75) is 20.4 Å². The first kappa shape index (κ1) is 16.8. The van der Waals surface area contributed by atoms with Crippen molar-refractivity contribution in [2.24, 2.45) is 0 Å². The van der Waals surface area contributed by atoms with Crippen LogP contribution in [0.1, 0.15) is 11.4 Å². The first-order chi connectivity index (χ1) is 12.0. The summed E-state index contributed by atoms with van der Waals surface area (Å²) in [6.07, 6.45) is 0. The molecular formula is C17H16N4O3S. The number of carbonyl (C=O) groups excluding carboxylic acids is 1. The summed E-state index contributed by atoms with van der Waals surface area (Å²) < 4.78 is 1.36. The summed E-state index contributed by atoms with van der Waals surface area (Å²) in [4.78, 5) is 24.0. The van der Waals surface area contributed by atoms with Crippen LogP contribution >= 0.6 is 11.3 Å². The van der Waals surface area contributed by atoms with Crippen molar-refractivity contribution >= 4 is 28.6 Å². The van der Waals surface area contributed by atoms with E-state index in [-0.39, 0.29) is 18.1 Å². The summed E-state index contributed by atoms with van der Waals surface area (Å²) in [7, 11) is 0. The third kappa shape index (κ3) is 3.43. The summed E-state index contributed by atoms with van der Waals surface area (Å²) in [5.74, 6) is -0.287. The van der Waals surface area contributed by atoms with Gasteiger partial charge in [-0.1, -0.05) is 24.3 Å². The Morgan fingerprint density at radius 3 is 2.68 bits per heavy atom. The van der Waals surface area contributed by atoms with Gasteiger partial charge in [-0.15, -0.1) is 11.3 Å². The van der Waals surface area contributed by atoms with E-state index in [1.165, 1.54) is 4.68 Å². The second-order valence-corrected chi connectivity index (χ2v) is 6.45. The van der Waals surface area contributed by atoms with Gasteiger partial charge in [0.05, 0.1) is 4.92 Å². The molecule has 1 amide bonds. The van der Waals surface area contributed by atoms with Crippen molar-refractivity contribution in [1.29, 1.82) is 0 Å². The van der Waals surface area contributed by atoms with E-state index in [0.717, 1.165) is 10.4 Å². The molecule has 0 saturated carbocycles. The van der Waals surface area contributed by atoms with Gasteiger partial charge in [-0.2, -0.15) is 5.10 Å². The van der Waals surface area contributed by atoms with Crippen molar-refractivity contribution < 1.29 is 9.72 Å². The largest absolute Gasteiger partial charge is 0.324 e. The maximum Gasteiger partial charge on any atom is 0.312 e. The molecule has 0 fully saturated rings. The Balaban J connectivity index is 1.81. The van der Waals surface area contributed by atoms with Gasteiger partial charge >= 0.3 is 5.69 Å². The van der Waals surface area contributed by atoms with Crippen LogP contribution < -0.4 is 5.32 Å². The fourth-order valence-electron chi connectivity index (χ4n) is 2.67. The molecule has 0 aliphatic rings. The molecule has 0 unspecified atom stereocenters. The third-order valence-electron chi connectivity index (χ3n) is 3.81. The molecule has 2 aromatic heterocycles. The number of hydrogen-bond acceptors (Lipinski definition) is 5. The van der Waals surface area contributed by atoms with Crippen LogP contribution in [0.4, 0.5) is 11.4 Å². The number of para-hydroxylation sites is 1. The van der Waals surface area contributed by atoms with Crippen molar-refractivity contribution in [3.05, 3.63) is 63.3 Å². The summed E-state index contributed by atoms with van der Waals surface area (Å²) in [6.45, 7) is 3.07. The van der Waals surface area contributed by atoms with Crippen molar-refractivity contribution in [1.82, 2.24) is 9.78 Å². The molecular weight excluding hydrogens is 340 g/mol. The lowest BCUT2D eigenvalue weighted by Crippen LogP contribution is -2.20. The number of benzene rings is 1. The van der Waals surface area contributed by atoms with Gasteiger partial charge in [0.1, 0.15) is 17.9 Å². The first-order valence-corrected chi connectivity index (χ1v) is 8.46. The van der Waals surface area contributed by atoms with Crippen LogP contribution in [0.2, 0.25) is 0 Å². The topological polar surface area (TPSA) is 90.1 Å². The predicted molar refractivity (Wildman–Crippen MR) is 96.7 cm³/mol. The zero-order valence-corrected chi connectivity index (χ0v) is 14.5. The number of nitrogens with zero attached hydrogens (tertiary/aromatic N) is 3. The van der Waals surface area contributed by atoms with Gasteiger partial charge in [0.2, 0.25) is 5.91 Å². The molecule has 8 heteroatoms. The Bertz CT molecular complexity index is 932. The van der Waals surface area contributed by atoms with Crippen LogP contribution in [0, 0.1) is 24.0 Å². The zero-order valence-electron chi connectivity index (χ0n) is 13.7. The number of carbonyl (C=O) groups is 1. The third-order valence-corrected chi connectivity index (χ3v) is 4.71. The molecule has 0 radical (unpaired) electrons. The Hall–Kier alpha value is -3.00. The highest BCUT2D eigenvalue weighted by Crippen LogP contribution is 2.31. The molecule has 2 heterocycles. The maximum absolute atomic E-state index is 12.4. The SMILES string of the molecule is Cc1nn(CC(=O)Nc2ccccc2-c2cccs2)c(C)c1[N+](=O)[O-]. The smallest absolute Gasteiger partial charge is 0.312 e. The second-order valence-electron chi connectivity index (χ2n) is 5.51. The molecule has 25 heavy (non-hydrogen) atoms. The van der Waals surface area contributed by atoms with Gasteiger partial charge < -0.3 is 5.32 Å². The zero-order chi connectivity index (χ0) is 18.0. The summed E-state index contributed by atoms with van der Waals surface area (Å²) >= 11 is 1.59. The molecule has 0 bridgehead atoms. The number of aromatic nitrogens is 2. The number of thiophene rings is 1. The molecule has 3 rings (SSSR count). The highest BCUT2D eigenvalue weighted by Gasteiger charge is 2.22. The number of nitrogens with one attached hydrogen (secondary N) is 1. The molecule has 0 spiro atoms. The summed E-state index contributed by atoms with van der Waals surface area (Å²) in [6, 6.07) is 11.5. The fraction of sp³-hybridized carbons (Fsp3) is 0.176. The van der Waals surface area contributed by atoms with E-state index in [1.54, 1.807) is 25.2 Å². The van der Waals surface area contributed by atoms with Crippen LogP contribution in [0.3, 0.4) is 0 Å². The van der Waals surface area contributed by atoms with E-state index in [4.69, 9.17) is 0 Å². The molecule has 0 aliphatic heterocycles. The van der Waals surface area contributed by atoms with E-state index in [2.05, 4.69) is 10.4 Å². The van der Waals surface area contributed by atoms with Gasteiger partial charge in [0.15, 0.2) is 0 Å². The van der Waals surface area contributed by atoms with Gasteiger partial charge in [0, 0.05) is 16.1 Å². The predicted octanol–water partition coefficient (Wildman–Crippen LogP) is 3.78. The number of amides is 1. The molecule has 1 aromatic carbocycles. The molecule has 3 aromatic rings. The van der Waals surface area contributed by atoms with E-state index < -0.39 is 4.92 Å². The molecule has 0 saturated heterocycles. The minimum Gasteiger partial charge on any atom is -0.324 e. The van der Waals surface area contributed by atoms with E-state index >= 15 is 0 Å². The number of hydrogen-bond donors (Lipinski definition) is 1. The van der Waals surface area contributed by atoms with Gasteiger partial charge in [-0.3, -0.25) is 19.6 Å². The monoisotopic (exact) mass is 356 g/mol. The highest BCUT2D eigenvalue weighted by atomic mass is 32.1. The number of nitro groups is 1. The second kappa shape index (κ2) is 6.86. The van der Waals surface area contributed by atoms with Gasteiger partial charge in [-0.25, -0.2) is 0 Å². The molecule has 0 aliphatic carbocycles. The minimum atomic E-state index is -0.474. The summed E-state index contributed by atoms with van der Waals surface area (Å²) in [5.41, 5.74) is 2.25. The van der Waals surface area contributed by atoms with Crippen LogP contribution in [-0.2, 0) is 11.3 Å². The van der Waals surface area contributed by atoms with E-state index in [9.17, 15) is 14.9 Å². The van der Waals surface area contributed by atoms with Crippen LogP contribution in [0.5, 0.6) is 0 Å². The highest BCUT2D eigenvalue weighted by molar-refractivity contribution is 7.13. The minimum absolute atomic E-state index is 0.0493. The average molecular weight is 356 g/mol. The number of aryl methyl sites for hydroxylation is 1. The summed E-state index contributed by atoms with van der Waals surface area (Å²) in [5, 5.41) is 20.0. The quantitative estimate of drug-likeness (QED) is 0.556. The lowest BCUT2D eigenvalue weighted by atomic mass is 10.1. The number of anilines is 1. The van der Waals surface area contributed by atoms with Crippen LogP contribution in [0.25, 0.3) is 10.4 Å². The normalized spacial score (nSPS) is 10.6. The van der Waals surface area contributed by atoms with Crippen LogP contribution in [-0.4, -0.2) is 20.6 Å². The van der Waals surface area contributed by atoms with Crippen molar-refractivity contribution in [3.8, 4) is 10.4 Å². The Labute approximate surface area is 148 Å². The molecule has 128 valence electrons. The van der Waals surface area contributed by atoms with E-state index in [0.29, 0.717) is 17.1 Å². The Kier molecular flexibility index (Phi) is 4.62. The van der Waals surface area contributed by atoms with Crippen molar-refractivity contribution in [3.63, 3.8) is 0 Å². The molecule has 0 atom stereocenters. The van der Waals surface area contributed by atoms with Crippen LogP contribution in [0.15, 0.2) is 41.8 Å². The fourth-order valence-corrected chi connectivity index (χ4v) is 3.44. The molecule has 7 nitrogen and oxygen atoms in total. The first-order valence-electron chi connectivity index (χ1n) is 7.58. The van der Waals surface area contributed by atoms with Crippen molar-refractivity contribution in [2.75, 3.05) is 5.32 Å². The van der Waals surface area contributed by atoms with E-state index in [1.807, 2.05) is 41.8 Å². The van der Waals surface area contributed by atoms with Gasteiger partial charge in [-0.05, 0) is 31.4 Å². The average Bonchev–Trinajstić information content (AvgIpc) is 3.17. The molecule has 1 N–H and O–H groups in total. The Morgan fingerprint density at radius 1 is 1.28 bits per heavy atom. The lowest BCUT2D eigenvalue weighted by Gasteiger charge is -2.10. The number of rotatable bonds is 5. The lowest BCUT2D eigenvalue weighted by molar-refractivity contribution is -0.386. The Morgan fingerprint density at radius 2 is 2.04 bits per heavy atom. The standard InChI is InChI=1S/C17H16N4O3S/c1-11-17(21(23)24)12(2)20(19-11)10-16(22)18-14-7-4-3-6-13(14)15-8-5-9-25-15/h3-9H,10H2,1-2H3,(H,18,22). The maximum atomic E-state index is 12.4. The van der Waals surface area contributed by atoms with Gasteiger partial charge in [0.25, 0.3) is 0 Å².